The zero-order chi connectivity index (χ0) is 39.3. The lowest BCUT2D eigenvalue weighted by atomic mass is 9.95. The van der Waals surface area contributed by atoms with Gasteiger partial charge in [0.05, 0.1) is 48.4 Å². The zero-order valence-corrected chi connectivity index (χ0v) is 32.2. The molecule has 4 heterocycles. The average Bonchev–Trinajstić information content (AvgIpc) is 3.86. The number of ether oxygens (including phenoxy) is 2. The number of alkyl carbamates (subject to hydrolysis) is 2. The number of aromatic amines is 2. The number of hydrogen-bond donors (Lipinski definition) is 6. The number of nitrogens with one attached hydrogen (secondary N) is 6. The van der Waals surface area contributed by atoms with Gasteiger partial charge in [-0.15, -0.1) is 0 Å². The number of imidazole rings is 2. The van der Waals surface area contributed by atoms with Gasteiger partial charge >= 0.3 is 12.2 Å². The molecule has 2 fully saturated rings. The van der Waals surface area contributed by atoms with Crippen molar-refractivity contribution in [2.75, 3.05) is 14.2 Å². The van der Waals surface area contributed by atoms with Crippen LogP contribution in [0.5, 0.6) is 0 Å². The molecular weight excluding hydrogens is 713 g/mol. The lowest BCUT2D eigenvalue weighted by Gasteiger charge is -2.24. The monoisotopic (exact) mass is 762 g/mol. The molecule has 5 aromatic rings. The Morgan fingerprint density at radius 3 is 1.36 bits per heavy atom. The Kier molecular flexibility index (Phi) is 11.5. The number of fused-ring (bicyclic) bond motifs is 2. The molecule has 0 saturated carbocycles. The molecule has 56 heavy (non-hydrogen) atoms. The van der Waals surface area contributed by atoms with E-state index in [2.05, 4.69) is 67.6 Å². The molecule has 4 amide bonds. The van der Waals surface area contributed by atoms with Gasteiger partial charge < -0.3 is 40.7 Å². The second-order valence-corrected chi connectivity index (χ2v) is 15.2. The fraction of sp³-hybridized carbons (Fsp3) is 0.429. The number of carbonyl (C=O) groups is 4. The van der Waals surface area contributed by atoms with Crippen molar-refractivity contribution in [1.82, 2.24) is 41.2 Å². The smallest absolute Gasteiger partial charge is 0.407 e. The largest absolute Gasteiger partial charge is 0.453 e. The summed E-state index contributed by atoms with van der Waals surface area (Å²) >= 11 is 0. The molecule has 0 spiro atoms. The predicted molar refractivity (Wildman–Crippen MR) is 212 cm³/mol. The van der Waals surface area contributed by atoms with Crippen molar-refractivity contribution in [2.24, 2.45) is 11.8 Å². The molecule has 3 aromatic carbocycles. The molecule has 0 bridgehead atoms. The van der Waals surface area contributed by atoms with Gasteiger partial charge in [-0.1, -0.05) is 75.9 Å². The maximum absolute atomic E-state index is 13.3. The third kappa shape index (κ3) is 8.48. The van der Waals surface area contributed by atoms with Gasteiger partial charge in [0.15, 0.2) is 0 Å². The van der Waals surface area contributed by atoms with Crippen LogP contribution in [0.25, 0.3) is 44.3 Å². The first kappa shape index (κ1) is 38.4. The van der Waals surface area contributed by atoms with Gasteiger partial charge in [0.2, 0.25) is 11.8 Å². The standard InChI is InChI=1S/C42H50N8O6/c1-23-9-5-7-11-31(47-39(51)35(23)49-41(53)55-3)37-43-29-19-17-27(21-33(29)45-37)25-13-15-26(16-14-25)28-18-20-30-34(22-28)46-38(44-30)32-12-8-6-10-24(2)36(40(52)48-32)50-42(54)56-4/h13-24,31-32,35-36H,5-12H2,1-4H3,(H,43,45)(H,44,46)(H,47,51)(H,48,52)(H,49,53)(H,50,54). The van der Waals surface area contributed by atoms with Crippen LogP contribution in [0.15, 0.2) is 60.7 Å². The fourth-order valence-corrected chi connectivity index (χ4v) is 7.95. The third-order valence-electron chi connectivity index (χ3n) is 11.3. The molecule has 294 valence electrons. The van der Waals surface area contributed by atoms with E-state index in [1.54, 1.807) is 0 Å². The summed E-state index contributed by atoms with van der Waals surface area (Å²) in [4.78, 5) is 67.2. The summed E-state index contributed by atoms with van der Waals surface area (Å²) in [5, 5.41) is 11.6. The van der Waals surface area contributed by atoms with Crippen LogP contribution < -0.4 is 21.3 Å². The van der Waals surface area contributed by atoms with Gasteiger partial charge in [0.25, 0.3) is 0 Å². The van der Waals surface area contributed by atoms with Crippen molar-refractivity contribution in [3.05, 3.63) is 72.3 Å². The Morgan fingerprint density at radius 2 is 0.964 bits per heavy atom. The molecule has 6 N–H and O–H groups in total. The number of benzene rings is 3. The second kappa shape index (κ2) is 16.8. The highest BCUT2D eigenvalue weighted by Gasteiger charge is 2.33. The van der Waals surface area contributed by atoms with Gasteiger partial charge in [-0.3, -0.25) is 9.59 Å². The summed E-state index contributed by atoms with van der Waals surface area (Å²) in [6, 6.07) is 18.6. The molecule has 14 nitrogen and oxygen atoms in total. The van der Waals surface area contributed by atoms with E-state index in [0.717, 1.165) is 95.7 Å². The molecule has 6 atom stereocenters. The third-order valence-corrected chi connectivity index (χ3v) is 11.3. The van der Waals surface area contributed by atoms with E-state index >= 15 is 0 Å². The summed E-state index contributed by atoms with van der Waals surface area (Å²) in [6.45, 7) is 3.94. The number of hydrogen-bond acceptors (Lipinski definition) is 8. The van der Waals surface area contributed by atoms with E-state index in [4.69, 9.17) is 19.4 Å². The zero-order valence-electron chi connectivity index (χ0n) is 32.2. The number of amides is 4. The van der Waals surface area contributed by atoms with Crippen LogP contribution in [0.3, 0.4) is 0 Å². The maximum atomic E-state index is 13.3. The van der Waals surface area contributed by atoms with Crippen LogP contribution in [0.2, 0.25) is 0 Å². The first-order valence-corrected chi connectivity index (χ1v) is 19.5. The Balaban J connectivity index is 1.06. The van der Waals surface area contributed by atoms with Crippen molar-refractivity contribution < 1.29 is 28.7 Å². The molecule has 14 heteroatoms. The van der Waals surface area contributed by atoms with Gasteiger partial charge in [0.1, 0.15) is 23.7 Å². The number of rotatable bonds is 6. The average molecular weight is 763 g/mol. The molecule has 2 aliphatic heterocycles. The van der Waals surface area contributed by atoms with E-state index in [-0.39, 0.29) is 35.7 Å². The highest BCUT2D eigenvalue weighted by Crippen LogP contribution is 2.31. The van der Waals surface area contributed by atoms with Crippen LogP contribution in [0.4, 0.5) is 9.59 Å². The number of methoxy groups -OCH3 is 2. The van der Waals surface area contributed by atoms with Crippen LogP contribution in [-0.2, 0) is 19.1 Å². The minimum absolute atomic E-state index is 0.0344. The summed E-state index contributed by atoms with van der Waals surface area (Å²) in [5.41, 5.74) is 7.49. The van der Waals surface area contributed by atoms with E-state index < -0.39 is 24.3 Å². The minimum atomic E-state index is -0.692. The van der Waals surface area contributed by atoms with Crippen molar-refractivity contribution in [3.63, 3.8) is 0 Å². The molecule has 2 saturated heterocycles. The van der Waals surface area contributed by atoms with Crippen molar-refractivity contribution in [1.29, 1.82) is 0 Å². The number of nitrogens with zero attached hydrogens (tertiary/aromatic N) is 2. The van der Waals surface area contributed by atoms with E-state index in [0.29, 0.717) is 11.6 Å². The highest BCUT2D eigenvalue weighted by molar-refractivity contribution is 5.88. The topological polar surface area (TPSA) is 192 Å². The van der Waals surface area contributed by atoms with E-state index in [1.165, 1.54) is 14.2 Å². The molecule has 0 aliphatic carbocycles. The summed E-state index contributed by atoms with van der Waals surface area (Å²) in [6.07, 6.45) is 5.55. The number of carbonyl (C=O) groups excluding carboxylic acids is 4. The summed E-state index contributed by atoms with van der Waals surface area (Å²) in [7, 11) is 2.58. The van der Waals surface area contributed by atoms with Crippen molar-refractivity contribution in [2.45, 2.75) is 89.4 Å². The highest BCUT2D eigenvalue weighted by atomic mass is 16.5. The molecule has 2 aromatic heterocycles. The van der Waals surface area contributed by atoms with Crippen LogP contribution in [0, 0.1) is 11.8 Å². The summed E-state index contributed by atoms with van der Waals surface area (Å²) < 4.78 is 9.54. The SMILES string of the molecule is COC(=O)NC1C(=O)NC(c2nc3ccc(-c4ccc(-c5ccc6nc(C7CCCCC(C)C(NC(=O)OC)C(=O)N7)[nH]c6c5)cc4)cc3[nH]2)CCCCC1C. The normalized spacial score (nSPS) is 23.6. The molecule has 2 aliphatic rings. The molecule has 6 unspecified atom stereocenters. The molecule has 7 rings (SSSR count). The second-order valence-electron chi connectivity index (χ2n) is 15.2. The first-order chi connectivity index (χ1) is 27.1. The van der Waals surface area contributed by atoms with Gasteiger partial charge in [0, 0.05) is 0 Å². The number of aromatic nitrogens is 4. The van der Waals surface area contributed by atoms with Gasteiger partial charge in [-0.05, 0) is 84.0 Å². The minimum Gasteiger partial charge on any atom is -0.453 e. The first-order valence-electron chi connectivity index (χ1n) is 19.5. The van der Waals surface area contributed by atoms with E-state index in [1.807, 2.05) is 38.1 Å². The lowest BCUT2D eigenvalue weighted by Crippen LogP contribution is -2.50. The van der Waals surface area contributed by atoms with Crippen LogP contribution in [0.1, 0.15) is 88.9 Å². The lowest BCUT2D eigenvalue weighted by molar-refractivity contribution is -0.125. The summed E-state index contributed by atoms with van der Waals surface area (Å²) in [5.74, 6) is 0.806. The Hall–Kier alpha value is -5.92. The van der Waals surface area contributed by atoms with Crippen LogP contribution >= 0.6 is 0 Å². The van der Waals surface area contributed by atoms with E-state index in [9.17, 15) is 19.2 Å². The molecular formula is C42H50N8O6. The Morgan fingerprint density at radius 1 is 0.589 bits per heavy atom. The van der Waals surface area contributed by atoms with Crippen molar-refractivity contribution >= 4 is 46.1 Å². The van der Waals surface area contributed by atoms with Crippen LogP contribution in [-0.4, -0.2) is 70.2 Å². The van der Waals surface area contributed by atoms with Gasteiger partial charge in [-0.2, -0.15) is 0 Å². The predicted octanol–water partition coefficient (Wildman–Crippen LogP) is 6.96. The fourth-order valence-electron chi connectivity index (χ4n) is 7.95. The number of H-pyrrole nitrogens is 2. The molecule has 0 radical (unpaired) electrons. The van der Waals surface area contributed by atoms with Crippen molar-refractivity contribution in [3.8, 4) is 22.3 Å². The Bertz CT molecular complexity index is 2060. The maximum Gasteiger partial charge on any atom is 0.407 e. The Labute approximate surface area is 325 Å². The quantitative estimate of drug-likeness (QED) is 0.107. The van der Waals surface area contributed by atoms with Gasteiger partial charge in [-0.25, -0.2) is 19.6 Å².